The van der Waals surface area contributed by atoms with Crippen LogP contribution in [0.1, 0.15) is 130 Å². The molecule has 0 atom stereocenters. The van der Waals surface area contributed by atoms with E-state index in [0.717, 1.165) is 18.4 Å². The summed E-state index contributed by atoms with van der Waals surface area (Å²) >= 11 is 0. The highest BCUT2D eigenvalue weighted by Crippen LogP contribution is 2.18. The third-order valence-corrected chi connectivity index (χ3v) is 5.30. The number of esters is 1. The van der Waals surface area contributed by atoms with Crippen LogP contribution in [0.25, 0.3) is 0 Å². The van der Waals surface area contributed by atoms with E-state index in [2.05, 4.69) is 13.8 Å². The van der Waals surface area contributed by atoms with E-state index in [4.69, 9.17) is 4.74 Å². The van der Waals surface area contributed by atoms with Crippen LogP contribution in [0.2, 0.25) is 0 Å². The van der Waals surface area contributed by atoms with Gasteiger partial charge in [-0.15, -0.1) is 0 Å². The summed E-state index contributed by atoms with van der Waals surface area (Å²) in [6, 6.07) is 0. The average Bonchev–Trinajstić information content (AvgIpc) is 2.63. The normalized spacial score (nSPS) is 11.7. The van der Waals surface area contributed by atoms with Gasteiger partial charge >= 0.3 is 5.97 Å². The summed E-state index contributed by atoms with van der Waals surface area (Å²) in [5, 5.41) is 0. The highest BCUT2D eigenvalue weighted by molar-refractivity contribution is 5.89. The van der Waals surface area contributed by atoms with Crippen molar-refractivity contribution in [1.82, 2.24) is 6.15 Å². The van der Waals surface area contributed by atoms with Gasteiger partial charge in [0, 0.05) is 5.57 Å². The number of allylic oxidation sites excluding steroid dienone is 1. The van der Waals surface area contributed by atoms with Crippen molar-refractivity contribution in [2.45, 2.75) is 130 Å². The van der Waals surface area contributed by atoms with Crippen LogP contribution in [-0.2, 0) is 9.53 Å². The maximum Gasteiger partial charge on any atom is 0.333 e. The first-order valence-corrected chi connectivity index (χ1v) is 11.5. The number of ether oxygens (including phenoxy) is 1. The van der Waals surface area contributed by atoms with Crippen LogP contribution in [-0.4, -0.2) is 12.6 Å². The van der Waals surface area contributed by atoms with Gasteiger partial charge < -0.3 is 10.9 Å². The maximum absolute atomic E-state index is 11.9. The predicted molar refractivity (Wildman–Crippen MR) is 120 cm³/mol. The van der Waals surface area contributed by atoms with Crippen LogP contribution in [0, 0.1) is 0 Å². The molecule has 0 radical (unpaired) electrons. The van der Waals surface area contributed by atoms with E-state index in [1.165, 1.54) is 95.5 Å². The Bertz CT molecular complexity index is 363. The summed E-state index contributed by atoms with van der Waals surface area (Å²) < 4.78 is 5.14. The Morgan fingerprint density at radius 3 is 1.44 bits per heavy atom. The number of rotatable bonds is 18. The summed E-state index contributed by atoms with van der Waals surface area (Å²) in [5.74, 6) is -0.113. The monoisotopic (exact) mass is 383 g/mol. The lowest BCUT2D eigenvalue weighted by Crippen LogP contribution is -2.09. The molecular formula is C24H49NO2. The zero-order chi connectivity index (χ0) is 19.5. The van der Waals surface area contributed by atoms with Gasteiger partial charge in [-0.25, -0.2) is 4.79 Å². The van der Waals surface area contributed by atoms with Crippen molar-refractivity contribution >= 4 is 5.97 Å². The minimum atomic E-state index is -0.113. The quantitative estimate of drug-likeness (QED) is 0.147. The lowest BCUT2D eigenvalue weighted by atomic mass is 10.00. The van der Waals surface area contributed by atoms with Crippen LogP contribution in [0.4, 0.5) is 0 Å². The summed E-state index contributed by atoms with van der Waals surface area (Å²) in [6.07, 6.45) is 21.2. The highest BCUT2D eigenvalue weighted by Gasteiger charge is 2.11. The molecule has 3 nitrogen and oxygen atoms in total. The average molecular weight is 384 g/mol. The zero-order valence-electron chi connectivity index (χ0n) is 19.0. The standard InChI is InChI=1S/C24H46O2.H3N/c1-5-8-9-10-11-12-13-14-15-16-17-18-19-20-21-22(4)23(6-2)24(25)26-7-3;/h5-21H2,1-4H3;1H3. The van der Waals surface area contributed by atoms with Gasteiger partial charge in [0.05, 0.1) is 6.61 Å². The van der Waals surface area contributed by atoms with Gasteiger partial charge in [-0.1, -0.05) is 103 Å². The smallest absolute Gasteiger partial charge is 0.333 e. The molecule has 0 saturated heterocycles. The molecule has 0 aromatic rings. The number of unbranched alkanes of at least 4 members (excludes halogenated alkanes) is 13. The molecular weight excluding hydrogens is 334 g/mol. The number of hydrogen-bond acceptors (Lipinski definition) is 3. The van der Waals surface area contributed by atoms with Gasteiger partial charge in [0.25, 0.3) is 0 Å². The van der Waals surface area contributed by atoms with Crippen molar-refractivity contribution in [1.29, 1.82) is 0 Å². The Balaban J connectivity index is 0. The Morgan fingerprint density at radius 2 is 1.07 bits per heavy atom. The molecule has 0 aliphatic carbocycles. The Morgan fingerprint density at radius 1 is 0.667 bits per heavy atom. The summed E-state index contributed by atoms with van der Waals surface area (Å²) in [4.78, 5) is 11.9. The molecule has 0 aromatic carbocycles. The van der Waals surface area contributed by atoms with Crippen LogP contribution in [0.15, 0.2) is 11.1 Å². The highest BCUT2D eigenvalue weighted by atomic mass is 16.5. The van der Waals surface area contributed by atoms with Gasteiger partial charge in [0.15, 0.2) is 0 Å². The van der Waals surface area contributed by atoms with Crippen molar-refractivity contribution in [2.24, 2.45) is 0 Å². The number of carbonyl (C=O) groups is 1. The van der Waals surface area contributed by atoms with E-state index in [9.17, 15) is 4.79 Å². The van der Waals surface area contributed by atoms with Crippen molar-refractivity contribution in [2.75, 3.05) is 6.61 Å². The zero-order valence-corrected chi connectivity index (χ0v) is 19.0. The van der Waals surface area contributed by atoms with Gasteiger partial charge in [-0.2, -0.15) is 0 Å². The molecule has 3 N–H and O–H groups in total. The Kier molecular flexibility index (Phi) is 22.6. The van der Waals surface area contributed by atoms with E-state index in [1.54, 1.807) is 0 Å². The third kappa shape index (κ3) is 17.0. The lowest BCUT2D eigenvalue weighted by Gasteiger charge is -2.09. The minimum Gasteiger partial charge on any atom is -0.463 e. The molecule has 0 heterocycles. The van der Waals surface area contributed by atoms with E-state index in [-0.39, 0.29) is 12.1 Å². The maximum atomic E-state index is 11.9. The molecule has 0 fully saturated rings. The molecule has 0 aliphatic rings. The largest absolute Gasteiger partial charge is 0.463 e. The second kappa shape index (κ2) is 21.5. The van der Waals surface area contributed by atoms with Gasteiger partial charge in [-0.3, -0.25) is 0 Å². The first kappa shape index (κ1) is 28.4. The van der Waals surface area contributed by atoms with Crippen LogP contribution in [0.3, 0.4) is 0 Å². The van der Waals surface area contributed by atoms with Crippen molar-refractivity contribution in [3.63, 3.8) is 0 Å². The van der Waals surface area contributed by atoms with Crippen LogP contribution >= 0.6 is 0 Å². The molecule has 0 amide bonds. The summed E-state index contributed by atoms with van der Waals surface area (Å²) in [7, 11) is 0. The molecule has 0 saturated carbocycles. The fourth-order valence-electron chi connectivity index (χ4n) is 3.57. The summed E-state index contributed by atoms with van der Waals surface area (Å²) in [5.41, 5.74) is 2.12. The van der Waals surface area contributed by atoms with E-state index in [1.807, 2.05) is 13.8 Å². The lowest BCUT2D eigenvalue weighted by molar-refractivity contribution is -0.138. The first-order valence-electron chi connectivity index (χ1n) is 11.5. The van der Waals surface area contributed by atoms with Crippen molar-refractivity contribution in [3.8, 4) is 0 Å². The van der Waals surface area contributed by atoms with Crippen LogP contribution in [0.5, 0.6) is 0 Å². The second-order valence-corrected chi connectivity index (χ2v) is 7.68. The van der Waals surface area contributed by atoms with Gasteiger partial charge in [0.2, 0.25) is 0 Å². The van der Waals surface area contributed by atoms with E-state index in [0.29, 0.717) is 6.61 Å². The minimum absolute atomic E-state index is 0. The molecule has 0 aromatic heterocycles. The molecule has 0 spiro atoms. The molecule has 0 rings (SSSR count). The second-order valence-electron chi connectivity index (χ2n) is 7.68. The van der Waals surface area contributed by atoms with Gasteiger partial charge in [0.1, 0.15) is 0 Å². The Hall–Kier alpha value is -0.830. The molecule has 0 aliphatic heterocycles. The molecule has 27 heavy (non-hydrogen) atoms. The number of carbonyl (C=O) groups excluding carboxylic acids is 1. The van der Waals surface area contributed by atoms with Crippen molar-refractivity contribution < 1.29 is 9.53 Å². The summed E-state index contributed by atoms with van der Waals surface area (Å²) in [6.45, 7) is 8.76. The molecule has 162 valence electrons. The van der Waals surface area contributed by atoms with Crippen LogP contribution < -0.4 is 6.15 Å². The third-order valence-electron chi connectivity index (χ3n) is 5.30. The SMILES string of the molecule is CCCCCCCCCCCCCCCCC(C)=C(CC)C(=O)OCC.N. The molecule has 0 bridgehead atoms. The fourth-order valence-corrected chi connectivity index (χ4v) is 3.57. The van der Waals surface area contributed by atoms with E-state index < -0.39 is 0 Å². The Labute approximate surface area is 170 Å². The van der Waals surface area contributed by atoms with E-state index >= 15 is 0 Å². The first-order chi connectivity index (χ1) is 12.7. The number of hydrogen-bond donors (Lipinski definition) is 1. The fraction of sp³-hybridized carbons (Fsp3) is 0.875. The molecule has 3 heteroatoms. The van der Waals surface area contributed by atoms with Gasteiger partial charge in [-0.05, 0) is 33.1 Å². The topological polar surface area (TPSA) is 61.3 Å². The predicted octanol–water partition coefficient (Wildman–Crippen LogP) is 8.31. The van der Waals surface area contributed by atoms with Crippen molar-refractivity contribution in [3.05, 3.63) is 11.1 Å². The molecule has 0 unspecified atom stereocenters.